The van der Waals surface area contributed by atoms with Crippen LogP contribution in [0.25, 0.3) is 0 Å². The van der Waals surface area contributed by atoms with E-state index in [1.165, 1.54) is 0 Å². The molecule has 2 saturated carbocycles. The van der Waals surface area contributed by atoms with Crippen LogP contribution in [0.5, 0.6) is 0 Å². The van der Waals surface area contributed by atoms with Gasteiger partial charge in [0.25, 0.3) is 0 Å². The van der Waals surface area contributed by atoms with E-state index in [9.17, 15) is 9.59 Å². The summed E-state index contributed by atoms with van der Waals surface area (Å²) in [5.41, 5.74) is 2.64. The van der Waals surface area contributed by atoms with Crippen molar-refractivity contribution in [3.8, 4) is 0 Å². The van der Waals surface area contributed by atoms with Gasteiger partial charge in [-0.2, -0.15) is 0 Å². The highest BCUT2D eigenvalue weighted by molar-refractivity contribution is 6.07. The zero-order valence-corrected chi connectivity index (χ0v) is 19.5. The normalized spacial score (nSPS) is 24.6. The van der Waals surface area contributed by atoms with Crippen LogP contribution in [0, 0.1) is 12.3 Å². The van der Waals surface area contributed by atoms with Crippen LogP contribution in [0.15, 0.2) is 60.8 Å². The molecule has 170 valence electrons. The van der Waals surface area contributed by atoms with Gasteiger partial charge in [-0.05, 0) is 51.5 Å². The molecule has 0 spiro atoms. The molecule has 2 aliphatic rings. The fraction of sp³-hybridized carbons (Fsp3) is 0.407. The van der Waals surface area contributed by atoms with Crippen LogP contribution in [0.3, 0.4) is 0 Å². The van der Waals surface area contributed by atoms with Gasteiger partial charge in [0.1, 0.15) is 0 Å². The van der Waals surface area contributed by atoms with Crippen LogP contribution < -0.4 is 0 Å². The Balaban J connectivity index is 1.34. The molecule has 6 nitrogen and oxygen atoms in total. The van der Waals surface area contributed by atoms with E-state index < -0.39 is 0 Å². The summed E-state index contributed by atoms with van der Waals surface area (Å²) in [5, 5.41) is 8.58. The second-order valence-corrected chi connectivity index (χ2v) is 9.93. The first kappa shape index (κ1) is 21.6. The molecule has 3 aromatic rings. The molecule has 33 heavy (non-hydrogen) atoms. The van der Waals surface area contributed by atoms with E-state index in [0.29, 0.717) is 11.3 Å². The first-order valence-corrected chi connectivity index (χ1v) is 11.7. The Labute approximate surface area is 194 Å². The van der Waals surface area contributed by atoms with Crippen LogP contribution in [0.4, 0.5) is 0 Å². The maximum absolute atomic E-state index is 13.7. The molecule has 2 aromatic carbocycles. The number of carbonyl (C=O) groups excluding carboxylic acids is 2. The van der Waals surface area contributed by atoms with Crippen molar-refractivity contribution in [2.75, 3.05) is 7.05 Å². The number of fused-ring (bicyclic) bond motifs is 2. The number of aromatic nitrogens is 3. The van der Waals surface area contributed by atoms with Crippen molar-refractivity contribution in [2.45, 2.75) is 57.5 Å². The lowest BCUT2D eigenvalue weighted by Gasteiger charge is -2.34. The van der Waals surface area contributed by atoms with Gasteiger partial charge in [-0.3, -0.25) is 9.59 Å². The van der Waals surface area contributed by atoms with Gasteiger partial charge in [0.2, 0.25) is 11.7 Å². The minimum atomic E-state index is -0.356. The smallest absolute Gasteiger partial charge is 0.229 e. The quantitative estimate of drug-likeness (QED) is 0.519. The van der Waals surface area contributed by atoms with Gasteiger partial charge >= 0.3 is 0 Å². The van der Waals surface area contributed by atoms with E-state index >= 15 is 0 Å². The number of ketones is 1. The third-order valence-corrected chi connectivity index (χ3v) is 7.97. The summed E-state index contributed by atoms with van der Waals surface area (Å²) < 4.78 is 1.87. The van der Waals surface area contributed by atoms with E-state index in [1.807, 2.05) is 66.0 Å². The Morgan fingerprint density at radius 3 is 2.33 bits per heavy atom. The first-order chi connectivity index (χ1) is 15.8. The number of aryl methyl sites for hydroxylation is 1. The number of benzene rings is 2. The molecule has 1 unspecified atom stereocenters. The second kappa shape index (κ2) is 7.94. The van der Waals surface area contributed by atoms with Crippen LogP contribution in [0.1, 0.15) is 72.2 Å². The molecule has 6 heteroatoms. The van der Waals surface area contributed by atoms with Gasteiger partial charge in [-0.1, -0.05) is 65.4 Å². The second-order valence-electron chi connectivity index (χ2n) is 9.93. The van der Waals surface area contributed by atoms with Crippen LogP contribution in [-0.4, -0.2) is 38.6 Å². The summed E-state index contributed by atoms with van der Waals surface area (Å²) in [6.07, 6.45) is 6.00. The number of nitrogens with zero attached hydrogens (tertiary/aromatic N) is 4. The third kappa shape index (κ3) is 3.58. The van der Waals surface area contributed by atoms with Gasteiger partial charge in [0.15, 0.2) is 5.69 Å². The van der Waals surface area contributed by atoms with Crippen LogP contribution in [-0.2, 0) is 10.3 Å². The van der Waals surface area contributed by atoms with Gasteiger partial charge in [0.05, 0.1) is 23.2 Å². The highest BCUT2D eigenvalue weighted by Crippen LogP contribution is 2.60. The molecule has 2 fully saturated rings. The zero-order valence-electron chi connectivity index (χ0n) is 19.5. The lowest BCUT2D eigenvalue weighted by molar-refractivity contribution is -0.142. The van der Waals surface area contributed by atoms with E-state index in [0.717, 1.165) is 43.2 Å². The fourth-order valence-electron chi connectivity index (χ4n) is 5.73. The molecule has 1 aromatic heterocycles. The van der Waals surface area contributed by atoms with Gasteiger partial charge in [0, 0.05) is 12.6 Å². The maximum Gasteiger partial charge on any atom is 0.229 e. The predicted molar refractivity (Wildman–Crippen MR) is 126 cm³/mol. The van der Waals surface area contributed by atoms with Crippen molar-refractivity contribution in [3.05, 3.63) is 83.2 Å². The number of rotatable bonds is 6. The van der Waals surface area contributed by atoms with Crippen molar-refractivity contribution in [2.24, 2.45) is 5.41 Å². The lowest BCUT2D eigenvalue weighted by Crippen LogP contribution is -2.40. The van der Waals surface area contributed by atoms with E-state index in [1.54, 1.807) is 6.20 Å². The Morgan fingerprint density at radius 2 is 1.67 bits per heavy atom. The Hall–Kier alpha value is -3.28. The molecule has 0 radical (unpaired) electrons. The number of hydrogen-bond acceptors (Lipinski definition) is 4. The van der Waals surface area contributed by atoms with Crippen molar-refractivity contribution in [1.82, 2.24) is 19.9 Å². The van der Waals surface area contributed by atoms with Crippen LogP contribution in [0.2, 0.25) is 0 Å². The van der Waals surface area contributed by atoms with Crippen molar-refractivity contribution >= 4 is 11.7 Å². The van der Waals surface area contributed by atoms with Gasteiger partial charge in [-0.25, -0.2) is 4.68 Å². The van der Waals surface area contributed by atoms with Crippen molar-refractivity contribution < 1.29 is 9.59 Å². The molecule has 0 saturated heterocycles. The Kier molecular flexibility index (Phi) is 5.19. The van der Waals surface area contributed by atoms with E-state index in [4.69, 9.17) is 0 Å². The largest absolute Gasteiger partial charge is 0.339 e. The summed E-state index contributed by atoms with van der Waals surface area (Å²) in [5.74, 6) is 0.0988. The van der Waals surface area contributed by atoms with E-state index in [2.05, 4.69) is 29.4 Å². The molecular weight excluding hydrogens is 412 g/mol. The summed E-state index contributed by atoms with van der Waals surface area (Å²) in [4.78, 5) is 28.5. The third-order valence-electron chi connectivity index (χ3n) is 7.97. The summed E-state index contributed by atoms with van der Waals surface area (Å²) in [6.45, 7) is 4.08. The highest BCUT2D eigenvalue weighted by Gasteiger charge is 2.60. The molecule has 2 bridgehead atoms. The zero-order chi connectivity index (χ0) is 23.2. The van der Waals surface area contributed by atoms with Crippen molar-refractivity contribution in [1.29, 1.82) is 0 Å². The van der Waals surface area contributed by atoms with Gasteiger partial charge < -0.3 is 4.90 Å². The molecule has 2 aliphatic carbocycles. The Morgan fingerprint density at radius 1 is 1.00 bits per heavy atom. The first-order valence-electron chi connectivity index (χ1n) is 11.7. The fourth-order valence-corrected chi connectivity index (χ4v) is 5.73. The average Bonchev–Trinajstić information content (AvgIpc) is 3.58. The molecule has 1 atom stereocenters. The monoisotopic (exact) mass is 442 g/mol. The number of carbonyl (C=O) groups is 2. The minimum Gasteiger partial charge on any atom is -0.339 e. The number of amides is 1. The lowest BCUT2D eigenvalue weighted by atomic mass is 9.82. The topological polar surface area (TPSA) is 68.1 Å². The van der Waals surface area contributed by atoms with Gasteiger partial charge in [-0.15, -0.1) is 5.10 Å². The molecule has 1 heterocycles. The SMILES string of the molecule is Cc1ccc(C(=O)c2cn(C34CCC(C(=O)N(C)C(C)c5ccccc5)(CC3)C4)nn2)cc1. The summed E-state index contributed by atoms with van der Waals surface area (Å²) in [6, 6.07) is 17.7. The van der Waals surface area contributed by atoms with Crippen molar-refractivity contribution in [3.63, 3.8) is 0 Å². The summed E-state index contributed by atoms with van der Waals surface area (Å²) >= 11 is 0. The minimum absolute atomic E-state index is 0.0220. The summed E-state index contributed by atoms with van der Waals surface area (Å²) in [7, 11) is 1.92. The molecule has 0 N–H and O–H groups in total. The standard InChI is InChI=1S/C27H30N4O2/c1-19-9-11-22(12-10-19)24(32)23-17-31(29-28-23)27-15-13-26(18-27,14-16-27)25(33)30(3)20(2)21-7-5-4-6-8-21/h4-12,17,20H,13-16,18H2,1-3H3. The van der Waals surface area contributed by atoms with E-state index in [-0.39, 0.29) is 28.7 Å². The molecule has 1 amide bonds. The highest BCUT2D eigenvalue weighted by atomic mass is 16.2. The average molecular weight is 443 g/mol. The molecule has 0 aliphatic heterocycles. The Bertz CT molecular complexity index is 1170. The predicted octanol–water partition coefficient (Wildman–Crippen LogP) is 4.70. The molecular formula is C27H30N4O2. The molecule has 5 rings (SSSR count). The van der Waals surface area contributed by atoms with Crippen LogP contribution >= 0.6 is 0 Å². The number of hydrogen-bond donors (Lipinski definition) is 0. The maximum atomic E-state index is 13.7.